The number of pyridine rings is 1. The van der Waals surface area contributed by atoms with Crippen LogP contribution in [0.3, 0.4) is 0 Å². The van der Waals surface area contributed by atoms with Crippen LogP contribution in [0.5, 0.6) is 11.5 Å². The van der Waals surface area contributed by atoms with Crippen molar-refractivity contribution in [1.29, 1.82) is 0 Å². The molecule has 1 aliphatic rings. The molecule has 0 bridgehead atoms. The monoisotopic (exact) mass is 405 g/mol. The van der Waals surface area contributed by atoms with E-state index in [4.69, 9.17) is 9.47 Å². The molecule has 0 radical (unpaired) electrons. The number of nitrogens with one attached hydrogen (secondary N) is 1. The lowest BCUT2D eigenvalue weighted by Crippen LogP contribution is -2.19. The molecule has 0 aliphatic carbocycles. The summed E-state index contributed by atoms with van der Waals surface area (Å²) >= 11 is 3.59. The van der Waals surface area contributed by atoms with Crippen LogP contribution in [0.2, 0.25) is 0 Å². The van der Waals surface area contributed by atoms with Crippen molar-refractivity contribution in [3.63, 3.8) is 0 Å². The van der Waals surface area contributed by atoms with Gasteiger partial charge in [0, 0.05) is 36.8 Å². The van der Waals surface area contributed by atoms with Gasteiger partial charge in [-0.25, -0.2) is 4.98 Å². The Morgan fingerprint density at radius 3 is 2.44 bits per heavy atom. The summed E-state index contributed by atoms with van der Waals surface area (Å²) in [7, 11) is 3.29. The van der Waals surface area contributed by atoms with Crippen molar-refractivity contribution >= 4 is 21.7 Å². The maximum absolute atomic E-state index is 5.37. The SMILES string of the molecule is COc1cc(Br)c(CNCc2ccc(N3CCCC3)nc2)cc1OC. The number of methoxy groups -OCH3 is 2. The minimum Gasteiger partial charge on any atom is -0.493 e. The molecule has 0 unspecified atom stereocenters. The van der Waals surface area contributed by atoms with Crippen molar-refractivity contribution < 1.29 is 9.47 Å². The molecule has 2 aromatic rings. The molecular weight excluding hydrogens is 382 g/mol. The van der Waals surface area contributed by atoms with Crippen molar-refractivity contribution in [1.82, 2.24) is 10.3 Å². The predicted octanol–water partition coefficient (Wildman–Crippen LogP) is 3.75. The van der Waals surface area contributed by atoms with E-state index in [2.05, 4.69) is 43.3 Å². The second kappa shape index (κ2) is 8.54. The van der Waals surface area contributed by atoms with Gasteiger partial charge in [0.2, 0.25) is 0 Å². The van der Waals surface area contributed by atoms with E-state index in [1.54, 1.807) is 14.2 Å². The fourth-order valence-electron chi connectivity index (χ4n) is 3.03. The van der Waals surface area contributed by atoms with Crippen molar-refractivity contribution in [2.75, 3.05) is 32.2 Å². The average Bonchev–Trinajstić information content (AvgIpc) is 3.18. The highest BCUT2D eigenvalue weighted by Gasteiger charge is 2.13. The van der Waals surface area contributed by atoms with E-state index in [0.717, 1.165) is 53.5 Å². The fourth-order valence-corrected chi connectivity index (χ4v) is 3.49. The number of halogens is 1. The van der Waals surface area contributed by atoms with Gasteiger partial charge in [-0.2, -0.15) is 0 Å². The molecule has 3 rings (SSSR count). The zero-order valence-corrected chi connectivity index (χ0v) is 16.3. The summed E-state index contributed by atoms with van der Waals surface area (Å²) in [5.41, 5.74) is 2.30. The van der Waals surface area contributed by atoms with E-state index >= 15 is 0 Å². The Morgan fingerprint density at radius 1 is 1.08 bits per heavy atom. The Bertz CT molecular complexity index is 701. The van der Waals surface area contributed by atoms with Gasteiger partial charge in [-0.1, -0.05) is 22.0 Å². The molecule has 1 aromatic carbocycles. The molecule has 0 amide bonds. The predicted molar refractivity (Wildman–Crippen MR) is 103 cm³/mol. The first kappa shape index (κ1) is 18.0. The molecule has 1 fully saturated rings. The van der Waals surface area contributed by atoms with Gasteiger partial charge in [0.1, 0.15) is 5.82 Å². The largest absolute Gasteiger partial charge is 0.493 e. The van der Waals surface area contributed by atoms with E-state index in [0.29, 0.717) is 0 Å². The van der Waals surface area contributed by atoms with E-state index in [1.165, 1.54) is 18.4 Å². The van der Waals surface area contributed by atoms with Gasteiger partial charge in [-0.15, -0.1) is 0 Å². The number of ether oxygens (including phenoxy) is 2. The Morgan fingerprint density at radius 2 is 1.80 bits per heavy atom. The summed E-state index contributed by atoms with van der Waals surface area (Å²) in [6.45, 7) is 3.75. The molecule has 1 saturated heterocycles. The Balaban J connectivity index is 1.57. The molecule has 1 N–H and O–H groups in total. The smallest absolute Gasteiger partial charge is 0.161 e. The van der Waals surface area contributed by atoms with Gasteiger partial charge in [0.05, 0.1) is 14.2 Å². The van der Waals surface area contributed by atoms with Crippen LogP contribution >= 0.6 is 15.9 Å². The van der Waals surface area contributed by atoms with Crippen LogP contribution in [-0.4, -0.2) is 32.3 Å². The Hall–Kier alpha value is -1.79. The normalized spacial score (nSPS) is 14.0. The standard InChI is InChI=1S/C19H24BrN3O2/c1-24-17-9-15(16(20)10-18(17)25-2)13-21-11-14-5-6-19(22-12-14)23-7-3-4-8-23/h5-6,9-10,12,21H,3-4,7-8,11,13H2,1-2H3. The number of hydrogen-bond donors (Lipinski definition) is 1. The van der Waals surface area contributed by atoms with Crippen molar-refractivity contribution in [2.24, 2.45) is 0 Å². The van der Waals surface area contributed by atoms with E-state index < -0.39 is 0 Å². The van der Waals surface area contributed by atoms with Gasteiger partial charge in [0.15, 0.2) is 11.5 Å². The summed E-state index contributed by atoms with van der Waals surface area (Å²) in [5.74, 6) is 2.54. The van der Waals surface area contributed by atoms with Gasteiger partial charge in [-0.3, -0.25) is 0 Å². The van der Waals surface area contributed by atoms with E-state index in [1.807, 2.05) is 18.3 Å². The quantitative estimate of drug-likeness (QED) is 0.759. The molecular formula is C19H24BrN3O2. The first-order valence-electron chi connectivity index (χ1n) is 8.52. The van der Waals surface area contributed by atoms with Gasteiger partial charge < -0.3 is 19.7 Å². The summed E-state index contributed by atoms with van der Waals surface area (Å²) in [6, 6.07) is 8.19. The highest BCUT2D eigenvalue weighted by molar-refractivity contribution is 9.10. The lowest BCUT2D eigenvalue weighted by atomic mass is 10.2. The first-order chi connectivity index (χ1) is 12.2. The van der Waals surface area contributed by atoms with Gasteiger partial charge in [0.25, 0.3) is 0 Å². The maximum Gasteiger partial charge on any atom is 0.161 e. The third kappa shape index (κ3) is 4.44. The highest BCUT2D eigenvalue weighted by atomic mass is 79.9. The van der Waals surface area contributed by atoms with Crippen LogP contribution in [0.15, 0.2) is 34.9 Å². The highest BCUT2D eigenvalue weighted by Crippen LogP contribution is 2.33. The number of anilines is 1. The molecule has 1 aromatic heterocycles. The van der Waals surface area contributed by atoms with Gasteiger partial charge >= 0.3 is 0 Å². The maximum atomic E-state index is 5.37. The van der Waals surface area contributed by atoms with Crippen LogP contribution in [0, 0.1) is 0 Å². The molecule has 25 heavy (non-hydrogen) atoms. The van der Waals surface area contributed by atoms with E-state index in [-0.39, 0.29) is 0 Å². The summed E-state index contributed by atoms with van der Waals surface area (Å²) < 4.78 is 11.7. The van der Waals surface area contributed by atoms with Crippen molar-refractivity contribution in [3.05, 3.63) is 46.1 Å². The van der Waals surface area contributed by atoms with Crippen LogP contribution in [0.25, 0.3) is 0 Å². The lowest BCUT2D eigenvalue weighted by molar-refractivity contribution is 0.354. The molecule has 2 heterocycles. The first-order valence-corrected chi connectivity index (χ1v) is 9.31. The summed E-state index contributed by atoms with van der Waals surface area (Å²) in [4.78, 5) is 6.94. The summed E-state index contributed by atoms with van der Waals surface area (Å²) in [6.07, 6.45) is 4.50. The zero-order chi connectivity index (χ0) is 17.6. The molecule has 0 saturated carbocycles. The molecule has 0 atom stereocenters. The number of hydrogen-bond acceptors (Lipinski definition) is 5. The second-order valence-corrected chi connectivity index (χ2v) is 6.98. The number of rotatable bonds is 7. The van der Waals surface area contributed by atoms with Crippen LogP contribution in [-0.2, 0) is 13.1 Å². The van der Waals surface area contributed by atoms with Crippen LogP contribution in [0.1, 0.15) is 24.0 Å². The minimum atomic E-state index is 0.722. The lowest BCUT2D eigenvalue weighted by Gasteiger charge is -2.16. The molecule has 134 valence electrons. The minimum absolute atomic E-state index is 0.722. The average molecular weight is 406 g/mol. The number of aromatic nitrogens is 1. The number of nitrogens with zero attached hydrogens (tertiary/aromatic N) is 2. The molecule has 1 aliphatic heterocycles. The summed E-state index contributed by atoms with van der Waals surface area (Å²) in [5, 5.41) is 3.46. The second-order valence-electron chi connectivity index (χ2n) is 6.12. The molecule has 0 spiro atoms. The fraction of sp³-hybridized carbons (Fsp3) is 0.421. The van der Waals surface area contributed by atoms with Crippen molar-refractivity contribution in [3.8, 4) is 11.5 Å². The topological polar surface area (TPSA) is 46.6 Å². The zero-order valence-electron chi connectivity index (χ0n) is 14.7. The Kier molecular flexibility index (Phi) is 6.15. The Labute approximate surface area is 157 Å². The third-order valence-electron chi connectivity index (χ3n) is 4.44. The van der Waals surface area contributed by atoms with Crippen molar-refractivity contribution in [2.45, 2.75) is 25.9 Å². The van der Waals surface area contributed by atoms with Crippen LogP contribution in [0.4, 0.5) is 5.82 Å². The molecule has 6 heteroatoms. The van der Waals surface area contributed by atoms with Gasteiger partial charge in [-0.05, 0) is 42.2 Å². The van der Waals surface area contributed by atoms with Crippen LogP contribution < -0.4 is 19.7 Å². The van der Waals surface area contributed by atoms with E-state index in [9.17, 15) is 0 Å². The third-order valence-corrected chi connectivity index (χ3v) is 5.17. The molecule has 5 nitrogen and oxygen atoms in total. The number of benzene rings is 1.